The van der Waals surface area contributed by atoms with Crippen LogP contribution in [0, 0.1) is 0 Å². The highest BCUT2D eigenvalue weighted by molar-refractivity contribution is 6.31. The minimum absolute atomic E-state index is 0.0144. The topological polar surface area (TPSA) is 79.8 Å². The smallest absolute Gasteiger partial charge is 0.228 e. The molecule has 0 atom stereocenters. The van der Waals surface area contributed by atoms with E-state index in [0.29, 0.717) is 19.5 Å². The molecule has 1 amide bonds. The highest BCUT2D eigenvalue weighted by Crippen LogP contribution is 2.09. The van der Waals surface area contributed by atoms with Crippen LogP contribution in [0.15, 0.2) is 0 Å². The Balaban J connectivity index is 2.40. The van der Waals surface area contributed by atoms with Gasteiger partial charge in [-0.2, -0.15) is 15.0 Å². The molecule has 6 nitrogen and oxygen atoms in total. The third kappa shape index (κ3) is 4.59. The maximum Gasteiger partial charge on any atom is 0.228 e. The van der Waals surface area contributed by atoms with E-state index in [1.165, 1.54) is 0 Å². The molecule has 88 valence electrons. The Morgan fingerprint density at radius 3 is 2.44 bits per heavy atom. The van der Waals surface area contributed by atoms with Crippen molar-refractivity contribution in [1.29, 1.82) is 0 Å². The Kier molecular flexibility index (Phi) is 5.21. The summed E-state index contributed by atoms with van der Waals surface area (Å²) in [4.78, 5) is 22.3. The SMILES string of the molecule is CCNC(=O)CCNc1nc(Cl)nc(Cl)n1. The lowest BCUT2D eigenvalue weighted by atomic mass is 10.4. The Hall–Kier alpha value is -1.14. The molecule has 8 heteroatoms. The zero-order chi connectivity index (χ0) is 12.0. The van der Waals surface area contributed by atoms with Gasteiger partial charge in [0.25, 0.3) is 0 Å². The molecule has 1 heterocycles. The molecule has 0 aromatic carbocycles. The van der Waals surface area contributed by atoms with Gasteiger partial charge in [0.05, 0.1) is 0 Å². The number of amides is 1. The molecule has 0 aliphatic rings. The fraction of sp³-hybridized carbons (Fsp3) is 0.500. The van der Waals surface area contributed by atoms with E-state index in [9.17, 15) is 4.79 Å². The van der Waals surface area contributed by atoms with Gasteiger partial charge < -0.3 is 10.6 Å². The van der Waals surface area contributed by atoms with E-state index < -0.39 is 0 Å². The quantitative estimate of drug-likeness (QED) is 0.832. The first-order valence-electron chi connectivity index (χ1n) is 4.69. The molecule has 1 rings (SSSR count). The van der Waals surface area contributed by atoms with Crippen LogP contribution >= 0.6 is 23.2 Å². The third-order valence-corrected chi connectivity index (χ3v) is 1.93. The molecule has 16 heavy (non-hydrogen) atoms. The lowest BCUT2D eigenvalue weighted by Crippen LogP contribution is -2.25. The summed E-state index contributed by atoms with van der Waals surface area (Å²) in [6.45, 7) is 2.88. The van der Waals surface area contributed by atoms with Crippen LogP contribution in [0.5, 0.6) is 0 Å². The van der Waals surface area contributed by atoms with Gasteiger partial charge in [0.15, 0.2) is 0 Å². The largest absolute Gasteiger partial charge is 0.356 e. The summed E-state index contributed by atoms with van der Waals surface area (Å²) in [6.07, 6.45) is 0.328. The third-order valence-electron chi connectivity index (χ3n) is 1.59. The monoisotopic (exact) mass is 263 g/mol. The van der Waals surface area contributed by atoms with E-state index in [0.717, 1.165) is 0 Å². The van der Waals surface area contributed by atoms with Crippen LogP contribution in [0.3, 0.4) is 0 Å². The van der Waals surface area contributed by atoms with Crippen molar-refractivity contribution in [2.75, 3.05) is 18.4 Å². The summed E-state index contributed by atoms with van der Waals surface area (Å²) in [5.41, 5.74) is 0. The van der Waals surface area contributed by atoms with Gasteiger partial charge in [-0.25, -0.2) is 0 Å². The maximum absolute atomic E-state index is 11.1. The molecule has 0 unspecified atom stereocenters. The van der Waals surface area contributed by atoms with Gasteiger partial charge in [-0.1, -0.05) is 0 Å². The van der Waals surface area contributed by atoms with Crippen molar-refractivity contribution in [2.24, 2.45) is 0 Å². The van der Waals surface area contributed by atoms with Gasteiger partial charge in [0.2, 0.25) is 22.4 Å². The predicted octanol–water partition coefficient (Wildman–Crippen LogP) is 1.12. The fourth-order valence-electron chi connectivity index (χ4n) is 0.978. The van der Waals surface area contributed by atoms with Gasteiger partial charge >= 0.3 is 0 Å². The number of hydrogen-bond acceptors (Lipinski definition) is 5. The molecular weight excluding hydrogens is 253 g/mol. The van der Waals surface area contributed by atoms with E-state index in [-0.39, 0.29) is 22.4 Å². The molecule has 0 aliphatic carbocycles. The number of anilines is 1. The molecule has 1 aromatic rings. The molecule has 2 N–H and O–H groups in total. The Bertz CT molecular complexity index is 353. The number of halogens is 2. The minimum Gasteiger partial charge on any atom is -0.356 e. The van der Waals surface area contributed by atoms with E-state index in [1.54, 1.807) is 0 Å². The number of aromatic nitrogens is 3. The van der Waals surface area contributed by atoms with Gasteiger partial charge in [-0.3, -0.25) is 4.79 Å². The lowest BCUT2D eigenvalue weighted by molar-refractivity contribution is -0.120. The van der Waals surface area contributed by atoms with E-state index in [4.69, 9.17) is 23.2 Å². The van der Waals surface area contributed by atoms with Gasteiger partial charge in [-0.05, 0) is 30.1 Å². The molecule has 0 fully saturated rings. The Morgan fingerprint density at radius 2 is 1.88 bits per heavy atom. The summed E-state index contributed by atoms with van der Waals surface area (Å²) in [5, 5.41) is 5.52. The molecular formula is C8H11Cl2N5O. The van der Waals surface area contributed by atoms with Crippen LogP contribution in [0.25, 0.3) is 0 Å². The van der Waals surface area contributed by atoms with Crippen molar-refractivity contribution in [3.05, 3.63) is 10.6 Å². The Morgan fingerprint density at radius 1 is 1.25 bits per heavy atom. The van der Waals surface area contributed by atoms with Gasteiger partial charge in [-0.15, -0.1) is 0 Å². The van der Waals surface area contributed by atoms with Crippen molar-refractivity contribution in [2.45, 2.75) is 13.3 Å². The first kappa shape index (κ1) is 12.9. The van der Waals surface area contributed by atoms with E-state index in [1.807, 2.05) is 6.92 Å². The van der Waals surface area contributed by atoms with Gasteiger partial charge in [0.1, 0.15) is 0 Å². The summed E-state index contributed by atoms with van der Waals surface area (Å²) in [6, 6.07) is 0. The summed E-state index contributed by atoms with van der Waals surface area (Å²) >= 11 is 11.2. The van der Waals surface area contributed by atoms with Crippen LogP contribution in [0.2, 0.25) is 10.6 Å². The first-order chi connectivity index (χ1) is 7.61. The summed E-state index contributed by atoms with van der Waals surface area (Å²) in [5.74, 6) is 0.218. The molecule has 1 aromatic heterocycles. The number of carbonyl (C=O) groups excluding carboxylic acids is 1. The standard InChI is InChI=1S/C8H11Cl2N5O/c1-2-11-5(16)3-4-12-8-14-6(9)13-7(10)15-8/h2-4H2,1H3,(H,11,16)(H,12,13,14,15). The maximum atomic E-state index is 11.1. The van der Waals surface area contributed by atoms with Crippen molar-refractivity contribution >= 4 is 35.1 Å². The average Bonchev–Trinajstić information content (AvgIpc) is 2.16. The number of rotatable bonds is 5. The second kappa shape index (κ2) is 6.44. The van der Waals surface area contributed by atoms with Gasteiger partial charge in [0, 0.05) is 19.5 Å². The van der Waals surface area contributed by atoms with Crippen LogP contribution in [0.1, 0.15) is 13.3 Å². The zero-order valence-electron chi connectivity index (χ0n) is 8.63. The first-order valence-corrected chi connectivity index (χ1v) is 5.45. The van der Waals surface area contributed by atoms with Crippen molar-refractivity contribution < 1.29 is 4.79 Å². The number of carbonyl (C=O) groups is 1. The molecule has 0 aliphatic heterocycles. The fourth-order valence-corrected chi connectivity index (χ4v) is 1.34. The number of hydrogen-bond donors (Lipinski definition) is 2. The van der Waals surface area contributed by atoms with Crippen LogP contribution in [-0.2, 0) is 4.79 Å². The summed E-state index contributed by atoms with van der Waals surface area (Å²) in [7, 11) is 0. The molecule has 0 radical (unpaired) electrons. The highest BCUT2D eigenvalue weighted by atomic mass is 35.5. The second-order valence-corrected chi connectivity index (χ2v) is 3.50. The van der Waals surface area contributed by atoms with Crippen molar-refractivity contribution in [3.8, 4) is 0 Å². The summed E-state index contributed by atoms with van der Waals surface area (Å²) < 4.78 is 0. The molecule has 0 bridgehead atoms. The van der Waals surface area contributed by atoms with Crippen molar-refractivity contribution in [3.63, 3.8) is 0 Å². The average molecular weight is 264 g/mol. The second-order valence-electron chi connectivity index (χ2n) is 2.83. The lowest BCUT2D eigenvalue weighted by Gasteiger charge is -2.04. The van der Waals surface area contributed by atoms with Crippen molar-refractivity contribution in [1.82, 2.24) is 20.3 Å². The highest BCUT2D eigenvalue weighted by Gasteiger charge is 2.03. The number of nitrogens with one attached hydrogen (secondary N) is 2. The molecule has 0 saturated carbocycles. The molecule has 0 saturated heterocycles. The normalized spacial score (nSPS) is 9.94. The van der Waals surface area contributed by atoms with Crippen LogP contribution < -0.4 is 10.6 Å². The molecule has 0 spiro atoms. The van der Waals surface area contributed by atoms with E-state index in [2.05, 4.69) is 25.6 Å². The minimum atomic E-state index is -0.0405. The van der Waals surface area contributed by atoms with E-state index >= 15 is 0 Å². The Labute approximate surface area is 103 Å². The van der Waals surface area contributed by atoms with Crippen LogP contribution in [0.4, 0.5) is 5.95 Å². The number of nitrogens with zero attached hydrogens (tertiary/aromatic N) is 3. The zero-order valence-corrected chi connectivity index (χ0v) is 10.1. The predicted molar refractivity (Wildman–Crippen MR) is 61.6 cm³/mol. The van der Waals surface area contributed by atoms with Crippen LogP contribution in [-0.4, -0.2) is 33.9 Å².